The topological polar surface area (TPSA) is 113 Å². The zero-order valence-electron chi connectivity index (χ0n) is 21.4. The highest BCUT2D eigenvalue weighted by Crippen LogP contribution is 2.49. The van der Waals surface area contributed by atoms with Crippen LogP contribution >= 0.6 is 23.2 Å². The number of fused-ring (bicyclic) bond motifs is 1. The van der Waals surface area contributed by atoms with Crippen LogP contribution in [0.5, 0.6) is 11.5 Å². The molecule has 2 aliphatic rings. The molecule has 0 bridgehead atoms. The van der Waals surface area contributed by atoms with Gasteiger partial charge in [-0.25, -0.2) is 14.6 Å². The summed E-state index contributed by atoms with van der Waals surface area (Å²) in [6.07, 6.45) is -1.26. The number of amides is 2. The van der Waals surface area contributed by atoms with E-state index >= 15 is 0 Å². The Kier molecular flexibility index (Phi) is 9.78. The molecule has 1 aliphatic carbocycles. The fraction of sp³-hybridized carbons (Fsp3) is 0.480. The van der Waals surface area contributed by atoms with Crippen LogP contribution < -0.4 is 20.1 Å². The monoisotopic (exact) mass is 592 g/mol. The number of anilines is 1. The third-order valence-corrected chi connectivity index (χ3v) is 7.47. The normalized spacial score (nSPS) is 22.7. The molecule has 2 amide bonds. The number of carbonyl (C=O) groups is 2. The first-order chi connectivity index (χ1) is 18.3. The van der Waals surface area contributed by atoms with Crippen LogP contribution in [0.4, 0.5) is 23.7 Å². The van der Waals surface area contributed by atoms with E-state index in [1.165, 1.54) is 5.56 Å². The van der Waals surface area contributed by atoms with Crippen molar-refractivity contribution in [2.24, 2.45) is 0 Å². The molecule has 1 saturated heterocycles. The van der Waals surface area contributed by atoms with Gasteiger partial charge in [0.1, 0.15) is 10.3 Å². The maximum Gasteiger partial charge on any atom is 0.490 e. The van der Waals surface area contributed by atoms with Gasteiger partial charge in [0.2, 0.25) is 0 Å². The number of carbonyl (C=O) groups excluding carboxylic acids is 1. The maximum absolute atomic E-state index is 12.6. The average Bonchev–Trinajstić information content (AvgIpc) is 3.19. The van der Waals surface area contributed by atoms with E-state index in [1.54, 1.807) is 26.4 Å². The molecule has 0 unspecified atom stereocenters. The summed E-state index contributed by atoms with van der Waals surface area (Å²) in [5, 5.41) is 13.5. The third kappa shape index (κ3) is 7.37. The number of ether oxygens (including phenoxy) is 2. The number of nitrogens with zero attached hydrogens (tertiary/aromatic N) is 2. The van der Waals surface area contributed by atoms with Gasteiger partial charge in [0, 0.05) is 23.2 Å². The lowest BCUT2D eigenvalue weighted by Crippen LogP contribution is -2.52. The SMILES string of the molecule is COc1ccc([C@@]23CC[C@@H](NC(=O)Nc4cc(Cl)nc(Cl)c4)C[C@@H]2N(C)CC3)cc1OC.O=C(O)C(F)(F)F. The lowest BCUT2D eigenvalue weighted by molar-refractivity contribution is -0.192. The number of likely N-dealkylation sites (tertiary alicyclic amines) is 1. The Morgan fingerprint density at radius 1 is 1.10 bits per heavy atom. The average molecular weight is 593 g/mol. The molecule has 1 aromatic carbocycles. The number of likely N-dealkylation sites (N-methyl/N-ethyl adjacent to an activating group) is 1. The number of halogens is 5. The van der Waals surface area contributed by atoms with Gasteiger partial charge < -0.3 is 30.1 Å². The molecular formula is C25H29Cl2F3N4O5. The highest BCUT2D eigenvalue weighted by Gasteiger charge is 2.50. The lowest BCUT2D eigenvalue weighted by Gasteiger charge is -2.45. The molecule has 2 heterocycles. The molecule has 1 aromatic heterocycles. The number of hydrogen-bond donors (Lipinski definition) is 3. The molecule has 39 heavy (non-hydrogen) atoms. The lowest BCUT2D eigenvalue weighted by atomic mass is 9.65. The van der Waals surface area contributed by atoms with Gasteiger partial charge >= 0.3 is 18.2 Å². The number of aromatic nitrogens is 1. The number of urea groups is 1. The number of aliphatic carboxylic acids is 1. The van der Waals surface area contributed by atoms with Crippen LogP contribution in [0, 0.1) is 0 Å². The number of alkyl halides is 3. The number of carboxylic acids is 1. The van der Waals surface area contributed by atoms with E-state index < -0.39 is 12.1 Å². The predicted molar refractivity (Wildman–Crippen MR) is 140 cm³/mol. The number of rotatable bonds is 5. The Balaban J connectivity index is 0.000000532. The van der Waals surface area contributed by atoms with Crippen LogP contribution in [-0.4, -0.2) is 73.1 Å². The van der Waals surface area contributed by atoms with Crippen molar-refractivity contribution >= 4 is 40.9 Å². The van der Waals surface area contributed by atoms with Gasteiger partial charge in [0.25, 0.3) is 0 Å². The van der Waals surface area contributed by atoms with E-state index in [-0.39, 0.29) is 27.8 Å². The van der Waals surface area contributed by atoms with E-state index in [9.17, 15) is 18.0 Å². The van der Waals surface area contributed by atoms with Crippen LogP contribution in [0.15, 0.2) is 30.3 Å². The summed E-state index contributed by atoms with van der Waals surface area (Å²) in [5.41, 5.74) is 1.82. The van der Waals surface area contributed by atoms with E-state index in [2.05, 4.69) is 39.7 Å². The van der Waals surface area contributed by atoms with Gasteiger partial charge in [0.05, 0.1) is 14.2 Å². The minimum absolute atomic E-state index is 0.0368. The summed E-state index contributed by atoms with van der Waals surface area (Å²) in [6.45, 7) is 1.02. The van der Waals surface area contributed by atoms with E-state index in [0.717, 1.165) is 43.7 Å². The molecule has 1 aliphatic heterocycles. The van der Waals surface area contributed by atoms with Crippen molar-refractivity contribution < 1.29 is 37.3 Å². The zero-order chi connectivity index (χ0) is 29.0. The highest BCUT2D eigenvalue weighted by molar-refractivity contribution is 6.33. The smallest absolute Gasteiger partial charge is 0.490 e. The van der Waals surface area contributed by atoms with Gasteiger partial charge in [-0.3, -0.25) is 0 Å². The van der Waals surface area contributed by atoms with E-state index in [1.807, 2.05) is 6.07 Å². The molecule has 3 atom stereocenters. The second-order valence-electron chi connectivity index (χ2n) is 9.35. The second kappa shape index (κ2) is 12.5. The predicted octanol–water partition coefficient (Wildman–Crippen LogP) is 5.36. The Hall–Kier alpha value is -2.96. The summed E-state index contributed by atoms with van der Waals surface area (Å²) in [7, 11) is 5.48. The number of nitrogens with one attached hydrogen (secondary N) is 2. The molecule has 2 aromatic rings. The van der Waals surface area contributed by atoms with Crippen molar-refractivity contribution in [3.63, 3.8) is 0 Å². The molecule has 1 saturated carbocycles. The van der Waals surface area contributed by atoms with Gasteiger partial charge in [-0.1, -0.05) is 29.3 Å². The van der Waals surface area contributed by atoms with Crippen LogP contribution in [0.3, 0.4) is 0 Å². The minimum atomic E-state index is -5.08. The molecule has 0 radical (unpaired) electrons. The Labute approximate surface area is 233 Å². The zero-order valence-corrected chi connectivity index (χ0v) is 23.0. The van der Waals surface area contributed by atoms with Crippen molar-refractivity contribution in [3.8, 4) is 11.5 Å². The Morgan fingerprint density at radius 2 is 1.72 bits per heavy atom. The molecule has 14 heteroatoms. The molecule has 0 spiro atoms. The summed E-state index contributed by atoms with van der Waals surface area (Å²) in [5.74, 6) is -1.27. The molecule has 9 nitrogen and oxygen atoms in total. The Bertz CT molecular complexity index is 1180. The fourth-order valence-electron chi connectivity index (χ4n) is 5.28. The molecule has 4 rings (SSSR count). The molecule has 214 valence electrons. The number of hydrogen-bond acceptors (Lipinski definition) is 6. The van der Waals surface area contributed by atoms with E-state index in [4.69, 9.17) is 42.6 Å². The molecule has 3 N–H and O–H groups in total. The summed E-state index contributed by atoms with van der Waals surface area (Å²) in [4.78, 5) is 27.8. The quantitative estimate of drug-likeness (QED) is 0.401. The summed E-state index contributed by atoms with van der Waals surface area (Å²) >= 11 is 11.9. The number of methoxy groups -OCH3 is 2. The van der Waals surface area contributed by atoms with Gasteiger partial charge in [-0.15, -0.1) is 0 Å². The molecular weight excluding hydrogens is 564 g/mol. The van der Waals surface area contributed by atoms with Gasteiger partial charge in [-0.05, 0) is 69.1 Å². The third-order valence-electron chi connectivity index (χ3n) is 7.08. The number of benzene rings is 1. The fourth-order valence-corrected chi connectivity index (χ4v) is 5.74. The highest BCUT2D eigenvalue weighted by atomic mass is 35.5. The second-order valence-corrected chi connectivity index (χ2v) is 10.1. The first-order valence-electron chi connectivity index (χ1n) is 11.9. The maximum atomic E-state index is 12.6. The number of pyridine rings is 1. The van der Waals surface area contributed by atoms with Gasteiger partial charge in [0.15, 0.2) is 11.5 Å². The Morgan fingerprint density at radius 3 is 2.28 bits per heavy atom. The number of carboxylic acid groups (broad SMARTS) is 1. The van der Waals surface area contributed by atoms with Crippen molar-refractivity contribution in [1.82, 2.24) is 15.2 Å². The van der Waals surface area contributed by atoms with Crippen LogP contribution in [-0.2, 0) is 10.2 Å². The summed E-state index contributed by atoms with van der Waals surface area (Å²) in [6, 6.07) is 9.52. The first-order valence-corrected chi connectivity index (χ1v) is 12.7. The summed E-state index contributed by atoms with van der Waals surface area (Å²) < 4.78 is 42.7. The largest absolute Gasteiger partial charge is 0.493 e. The van der Waals surface area contributed by atoms with Crippen LogP contribution in [0.1, 0.15) is 31.2 Å². The molecule has 2 fully saturated rings. The standard InChI is InChI=1S/C23H28Cl2N4O3.C2HF3O2/c1-29-9-8-23(14-4-5-17(31-2)18(10-14)32-3)7-6-15(11-19(23)29)26-22(30)27-16-12-20(24)28-21(25)13-16;3-2(4,5)1(6)7/h4-5,10,12-13,15,19H,6-9,11H2,1-3H3,(H2,26,27,28,30);(H,6,7)/t15-,19+,23+;/m1./s1. The van der Waals surface area contributed by atoms with Crippen LogP contribution in [0.2, 0.25) is 10.3 Å². The first kappa shape index (κ1) is 30.6. The van der Waals surface area contributed by atoms with E-state index in [0.29, 0.717) is 11.7 Å². The van der Waals surface area contributed by atoms with Crippen molar-refractivity contribution in [2.75, 3.05) is 33.1 Å². The van der Waals surface area contributed by atoms with Crippen LogP contribution in [0.25, 0.3) is 0 Å². The van der Waals surface area contributed by atoms with Crippen molar-refractivity contribution in [1.29, 1.82) is 0 Å². The van der Waals surface area contributed by atoms with Gasteiger partial charge in [-0.2, -0.15) is 13.2 Å². The minimum Gasteiger partial charge on any atom is -0.493 e. The van der Waals surface area contributed by atoms with Crippen molar-refractivity contribution in [2.45, 2.75) is 49.4 Å². The van der Waals surface area contributed by atoms with Crippen molar-refractivity contribution in [3.05, 3.63) is 46.2 Å².